The Balaban J connectivity index is 1.45. The van der Waals surface area contributed by atoms with Gasteiger partial charge in [-0.05, 0) is 48.5 Å². The Bertz CT molecular complexity index is 1050. The van der Waals surface area contributed by atoms with Gasteiger partial charge < -0.3 is 20.1 Å². The molecule has 2 amide bonds. The molecule has 140 valence electrons. The summed E-state index contributed by atoms with van der Waals surface area (Å²) in [5.74, 6) is 0.567. The van der Waals surface area contributed by atoms with Crippen molar-refractivity contribution < 1.29 is 19.1 Å². The molecule has 0 aromatic heterocycles. The van der Waals surface area contributed by atoms with E-state index in [0.717, 1.165) is 0 Å². The Morgan fingerprint density at radius 1 is 0.786 bits per heavy atom. The van der Waals surface area contributed by atoms with Crippen molar-refractivity contribution in [2.75, 3.05) is 17.4 Å². The summed E-state index contributed by atoms with van der Waals surface area (Å²) in [5, 5.41) is 5.84. The van der Waals surface area contributed by atoms with Crippen molar-refractivity contribution in [3.05, 3.63) is 82.9 Å². The minimum absolute atomic E-state index is 0.145. The molecule has 4 rings (SSSR count). The van der Waals surface area contributed by atoms with Crippen LogP contribution in [0.2, 0.25) is 5.02 Å². The molecule has 1 heterocycles. The lowest BCUT2D eigenvalue weighted by molar-refractivity contribution is 0.101. The van der Waals surface area contributed by atoms with Crippen LogP contribution in [-0.2, 0) is 0 Å². The van der Waals surface area contributed by atoms with E-state index < -0.39 is 0 Å². The third-order valence-corrected chi connectivity index (χ3v) is 4.46. The Hall–Kier alpha value is -3.51. The van der Waals surface area contributed by atoms with Crippen LogP contribution in [0.1, 0.15) is 20.7 Å². The van der Waals surface area contributed by atoms with E-state index >= 15 is 0 Å². The second-order valence-corrected chi connectivity index (χ2v) is 6.44. The highest BCUT2D eigenvalue weighted by atomic mass is 35.5. The second kappa shape index (κ2) is 7.62. The molecule has 6 nitrogen and oxygen atoms in total. The number of benzene rings is 3. The zero-order valence-corrected chi connectivity index (χ0v) is 15.3. The molecule has 3 aromatic rings. The number of ether oxygens (including phenoxy) is 2. The van der Waals surface area contributed by atoms with Crippen LogP contribution in [0, 0.1) is 0 Å². The molecule has 0 fully saturated rings. The second-order valence-electron chi connectivity index (χ2n) is 6.04. The highest BCUT2D eigenvalue weighted by molar-refractivity contribution is 6.34. The first-order valence-electron chi connectivity index (χ1n) is 8.47. The number of fused-ring (bicyclic) bond motifs is 1. The van der Waals surface area contributed by atoms with Gasteiger partial charge in [0.2, 0.25) is 6.79 Å². The van der Waals surface area contributed by atoms with Crippen LogP contribution in [0.5, 0.6) is 11.5 Å². The predicted octanol–water partition coefficient (Wildman–Crippen LogP) is 4.57. The summed E-state index contributed by atoms with van der Waals surface area (Å²) in [6.45, 7) is 0.145. The van der Waals surface area contributed by atoms with Crippen molar-refractivity contribution in [2.45, 2.75) is 0 Å². The zero-order chi connectivity index (χ0) is 19.5. The Morgan fingerprint density at radius 3 is 2.32 bits per heavy atom. The Kier molecular flexibility index (Phi) is 4.87. The highest BCUT2D eigenvalue weighted by Gasteiger charge is 2.16. The van der Waals surface area contributed by atoms with E-state index in [0.29, 0.717) is 39.0 Å². The molecule has 0 atom stereocenters. The lowest BCUT2D eigenvalue weighted by Gasteiger charge is -2.10. The summed E-state index contributed by atoms with van der Waals surface area (Å²) in [7, 11) is 0. The molecule has 2 N–H and O–H groups in total. The third-order valence-electron chi connectivity index (χ3n) is 4.15. The summed E-state index contributed by atoms with van der Waals surface area (Å²) >= 11 is 6.26. The molecule has 0 radical (unpaired) electrons. The van der Waals surface area contributed by atoms with Gasteiger partial charge in [-0.2, -0.15) is 0 Å². The first-order chi connectivity index (χ1) is 13.6. The number of nitrogens with one attached hydrogen (secondary N) is 2. The molecule has 1 aliphatic rings. The molecule has 1 aliphatic heterocycles. The standard InChI is InChI=1S/C21H15ClN2O4/c22-16-11-15(7-8-17(16)24-20(25)13-4-2-1-3-5-13)23-21(26)14-6-9-18-19(10-14)28-12-27-18/h1-11H,12H2,(H,23,26)(H,24,25). The average Bonchev–Trinajstić information content (AvgIpc) is 3.18. The summed E-state index contributed by atoms with van der Waals surface area (Å²) < 4.78 is 10.5. The van der Waals surface area contributed by atoms with Crippen LogP contribution >= 0.6 is 11.6 Å². The van der Waals surface area contributed by atoms with Gasteiger partial charge in [-0.3, -0.25) is 9.59 Å². The predicted molar refractivity (Wildman–Crippen MR) is 106 cm³/mol. The monoisotopic (exact) mass is 394 g/mol. The number of carbonyl (C=O) groups excluding carboxylic acids is 2. The first-order valence-corrected chi connectivity index (χ1v) is 8.85. The summed E-state index contributed by atoms with van der Waals surface area (Å²) in [6.07, 6.45) is 0. The van der Waals surface area contributed by atoms with E-state index in [-0.39, 0.29) is 18.6 Å². The van der Waals surface area contributed by atoms with Gasteiger partial charge in [-0.25, -0.2) is 0 Å². The number of anilines is 2. The van der Waals surface area contributed by atoms with Crippen LogP contribution < -0.4 is 20.1 Å². The lowest BCUT2D eigenvalue weighted by Crippen LogP contribution is -2.13. The highest BCUT2D eigenvalue weighted by Crippen LogP contribution is 2.33. The topological polar surface area (TPSA) is 76.7 Å². The fraction of sp³-hybridized carbons (Fsp3) is 0.0476. The normalized spacial score (nSPS) is 11.8. The van der Waals surface area contributed by atoms with Gasteiger partial charge in [0.1, 0.15) is 0 Å². The van der Waals surface area contributed by atoms with E-state index in [9.17, 15) is 9.59 Å². The van der Waals surface area contributed by atoms with E-state index in [2.05, 4.69) is 10.6 Å². The molecule has 0 unspecified atom stereocenters. The smallest absolute Gasteiger partial charge is 0.255 e. The maximum atomic E-state index is 12.5. The lowest BCUT2D eigenvalue weighted by atomic mass is 10.1. The van der Waals surface area contributed by atoms with Crippen molar-refractivity contribution in [1.82, 2.24) is 0 Å². The van der Waals surface area contributed by atoms with Gasteiger partial charge >= 0.3 is 0 Å². The number of rotatable bonds is 4. The van der Waals surface area contributed by atoms with Crippen LogP contribution in [0.15, 0.2) is 66.7 Å². The molecule has 28 heavy (non-hydrogen) atoms. The molecule has 0 saturated heterocycles. The molecule has 0 saturated carbocycles. The van der Waals surface area contributed by atoms with Crippen molar-refractivity contribution >= 4 is 34.8 Å². The molecule has 0 aliphatic carbocycles. The minimum Gasteiger partial charge on any atom is -0.454 e. The molecule has 7 heteroatoms. The Labute approximate surface area is 166 Å². The van der Waals surface area contributed by atoms with Crippen molar-refractivity contribution in [3.63, 3.8) is 0 Å². The van der Waals surface area contributed by atoms with E-state index in [1.54, 1.807) is 60.7 Å². The fourth-order valence-corrected chi connectivity index (χ4v) is 2.95. The fourth-order valence-electron chi connectivity index (χ4n) is 2.72. The summed E-state index contributed by atoms with van der Waals surface area (Å²) in [5.41, 5.74) is 1.92. The maximum absolute atomic E-state index is 12.5. The minimum atomic E-state index is -0.310. The number of halogens is 1. The molecule has 3 aromatic carbocycles. The molecule has 0 spiro atoms. The largest absolute Gasteiger partial charge is 0.454 e. The van der Waals surface area contributed by atoms with Crippen molar-refractivity contribution in [3.8, 4) is 11.5 Å². The summed E-state index contributed by atoms with van der Waals surface area (Å²) in [6, 6.07) is 18.7. The molecular weight excluding hydrogens is 380 g/mol. The zero-order valence-electron chi connectivity index (χ0n) is 14.6. The third kappa shape index (κ3) is 3.77. The van der Waals surface area contributed by atoms with E-state index in [1.807, 2.05) is 6.07 Å². The SMILES string of the molecule is O=C(Nc1ccc(NC(=O)c2ccccc2)c(Cl)c1)c1ccc2c(c1)OCO2. The number of hydrogen-bond donors (Lipinski definition) is 2. The molecule has 0 bridgehead atoms. The van der Waals surface area contributed by atoms with Gasteiger partial charge in [-0.1, -0.05) is 29.8 Å². The summed E-state index contributed by atoms with van der Waals surface area (Å²) in [4.78, 5) is 24.7. The molecular formula is C21H15ClN2O4. The van der Waals surface area contributed by atoms with Crippen LogP contribution in [0.3, 0.4) is 0 Å². The van der Waals surface area contributed by atoms with Crippen LogP contribution in [0.4, 0.5) is 11.4 Å². The average molecular weight is 395 g/mol. The first kappa shape index (κ1) is 17.9. The number of amides is 2. The maximum Gasteiger partial charge on any atom is 0.255 e. The van der Waals surface area contributed by atoms with Gasteiger partial charge in [0.05, 0.1) is 10.7 Å². The van der Waals surface area contributed by atoms with Crippen LogP contribution in [0.25, 0.3) is 0 Å². The van der Waals surface area contributed by atoms with Crippen molar-refractivity contribution in [1.29, 1.82) is 0 Å². The van der Waals surface area contributed by atoms with Crippen molar-refractivity contribution in [2.24, 2.45) is 0 Å². The quantitative estimate of drug-likeness (QED) is 0.679. The van der Waals surface area contributed by atoms with Gasteiger partial charge in [0, 0.05) is 16.8 Å². The van der Waals surface area contributed by atoms with Gasteiger partial charge in [-0.15, -0.1) is 0 Å². The number of hydrogen-bond acceptors (Lipinski definition) is 4. The number of carbonyl (C=O) groups is 2. The van der Waals surface area contributed by atoms with Gasteiger partial charge in [0.15, 0.2) is 11.5 Å². The van der Waals surface area contributed by atoms with E-state index in [1.165, 1.54) is 0 Å². The van der Waals surface area contributed by atoms with Crippen LogP contribution in [-0.4, -0.2) is 18.6 Å². The van der Waals surface area contributed by atoms with E-state index in [4.69, 9.17) is 21.1 Å². The van der Waals surface area contributed by atoms with Gasteiger partial charge in [0.25, 0.3) is 11.8 Å². The Morgan fingerprint density at radius 2 is 1.54 bits per heavy atom.